The Kier molecular flexibility index (Phi) is 3.47. The van der Waals surface area contributed by atoms with Crippen molar-refractivity contribution in [1.82, 2.24) is 15.3 Å². The minimum Gasteiger partial charge on any atom is -0.474 e. The van der Waals surface area contributed by atoms with Crippen LogP contribution >= 0.6 is 0 Å². The van der Waals surface area contributed by atoms with Gasteiger partial charge in [-0.15, -0.1) is 0 Å². The third-order valence-electron chi connectivity index (χ3n) is 2.25. The zero-order valence-electron chi connectivity index (χ0n) is 8.77. The first-order valence-corrected chi connectivity index (χ1v) is 5.09. The third kappa shape index (κ3) is 2.87. The van der Waals surface area contributed by atoms with Gasteiger partial charge in [-0.2, -0.15) is 0 Å². The average molecular weight is 209 g/mol. The fourth-order valence-electron chi connectivity index (χ4n) is 1.44. The molecule has 0 amide bonds. The normalized spacial score (nSPS) is 21.3. The van der Waals surface area contributed by atoms with E-state index in [1.54, 1.807) is 12.4 Å². The van der Waals surface area contributed by atoms with Gasteiger partial charge in [-0.3, -0.25) is 4.98 Å². The van der Waals surface area contributed by atoms with Crippen molar-refractivity contribution in [2.75, 3.05) is 26.3 Å². The Bertz CT molecular complexity index is 313. The molecule has 5 heteroatoms. The Hall–Kier alpha value is -1.20. The molecule has 2 heterocycles. The molecule has 1 unspecified atom stereocenters. The molecule has 1 fully saturated rings. The molecule has 1 aliphatic rings. The summed E-state index contributed by atoms with van der Waals surface area (Å²) in [5, 5.41) is 3.24. The van der Waals surface area contributed by atoms with Gasteiger partial charge in [-0.1, -0.05) is 0 Å². The van der Waals surface area contributed by atoms with Crippen LogP contribution in [0.15, 0.2) is 12.4 Å². The number of ether oxygens (including phenoxy) is 2. The summed E-state index contributed by atoms with van der Waals surface area (Å²) in [5.74, 6) is 0.590. The number of hydrogen-bond acceptors (Lipinski definition) is 5. The molecule has 0 aliphatic carbocycles. The maximum atomic E-state index is 5.54. The number of hydrogen-bond donors (Lipinski definition) is 1. The first-order chi connectivity index (χ1) is 7.36. The van der Waals surface area contributed by atoms with Gasteiger partial charge in [-0.05, 0) is 6.92 Å². The fourth-order valence-corrected chi connectivity index (χ4v) is 1.44. The lowest BCUT2D eigenvalue weighted by Gasteiger charge is -2.23. The highest BCUT2D eigenvalue weighted by molar-refractivity contribution is 5.14. The van der Waals surface area contributed by atoms with Crippen LogP contribution in [-0.4, -0.2) is 42.4 Å². The number of aryl methyl sites for hydroxylation is 1. The molecular weight excluding hydrogens is 194 g/mol. The monoisotopic (exact) mass is 209 g/mol. The van der Waals surface area contributed by atoms with Crippen LogP contribution in [0.3, 0.4) is 0 Å². The number of aromatic nitrogens is 2. The van der Waals surface area contributed by atoms with Gasteiger partial charge in [0, 0.05) is 25.5 Å². The van der Waals surface area contributed by atoms with Gasteiger partial charge in [0.1, 0.15) is 12.7 Å². The van der Waals surface area contributed by atoms with Crippen molar-refractivity contribution in [3.63, 3.8) is 0 Å². The highest BCUT2D eigenvalue weighted by atomic mass is 16.5. The molecule has 5 nitrogen and oxygen atoms in total. The van der Waals surface area contributed by atoms with E-state index < -0.39 is 0 Å². The molecule has 0 saturated carbocycles. The maximum absolute atomic E-state index is 5.54. The first-order valence-electron chi connectivity index (χ1n) is 5.09. The smallest absolute Gasteiger partial charge is 0.235 e. The molecule has 0 radical (unpaired) electrons. The van der Waals surface area contributed by atoms with E-state index in [0.29, 0.717) is 12.5 Å². The van der Waals surface area contributed by atoms with Crippen molar-refractivity contribution in [2.45, 2.75) is 13.0 Å². The lowest BCUT2D eigenvalue weighted by molar-refractivity contribution is -0.000981. The summed E-state index contributed by atoms with van der Waals surface area (Å²) in [6, 6.07) is 0. The summed E-state index contributed by atoms with van der Waals surface area (Å²) >= 11 is 0. The standard InChI is InChI=1S/C10H15N3O2/c1-8-10(13-3-2-12-8)15-7-9-6-11-4-5-14-9/h2-3,9,11H,4-7H2,1H3. The van der Waals surface area contributed by atoms with Crippen LogP contribution in [-0.2, 0) is 4.74 Å². The molecule has 1 aromatic heterocycles. The van der Waals surface area contributed by atoms with Gasteiger partial charge >= 0.3 is 0 Å². The predicted octanol–water partition coefficient (Wildman–Crippen LogP) is 0.152. The van der Waals surface area contributed by atoms with Gasteiger partial charge in [0.2, 0.25) is 5.88 Å². The van der Waals surface area contributed by atoms with Crippen LogP contribution in [0.5, 0.6) is 5.88 Å². The van der Waals surface area contributed by atoms with Crippen molar-refractivity contribution in [2.24, 2.45) is 0 Å². The number of rotatable bonds is 3. The number of nitrogens with one attached hydrogen (secondary N) is 1. The molecular formula is C10H15N3O2. The van der Waals surface area contributed by atoms with E-state index in [9.17, 15) is 0 Å². The second-order valence-corrected chi connectivity index (χ2v) is 3.45. The Morgan fingerprint density at radius 1 is 1.53 bits per heavy atom. The van der Waals surface area contributed by atoms with Crippen molar-refractivity contribution in [1.29, 1.82) is 0 Å². The molecule has 1 aliphatic heterocycles. The summed E-state index contributed by atoms with van der Waals surface area (Å²) in [5.41, 5.74) is 0.807. The molecule has 1 saturated heterocycles. The van der Waals surface area contributed by atoms with E-state index in [-0.39, 0.29) is 6.10 Å². The van der Waals surface area contributed by atoms with Crippen LogP contribution in [0.2, 0.25) is 0 Å². The predicted molar refractivity (Wildman–Crippen MR) is 54.9 cm³/mol. The number of nitrogens with zero attached hydrogens (tertiary/aromatic N) is 2. The molecule has 0 spiro atoms. The Morgan fingerprint density at radius 2 is 2.40 bits per heavy atom. The molecule has 0 bridgehead atoms. The molecule has 2 rings (SSSR count). The highest BCUT2D eigenvalue weighted by Gasteiger charge is 2.14. The van der Waals surface area contributed by atoms with E-state index >= 15 is 0 Å². The van der Waals surface area contributed by atoms with Crippen LogP contribution < -0.4 is 10.1 Å². The quantitative estimate of drug-likeness (QED) is 0.768. The minimum atomic E-state index is 0.111. The molecule has 0 aromatic carbocycles. The summed E-state index contributed by atoms with van der Waals surface area (Å²) < 4.78 is 11.0. The average Bonchev–Trinajstić information content (AvgIpc) is 2.29. The first kappa shape index (κ1) is 10.3. The molecule has 15 heavy (non-hydrogen) atoms. The zero-order valence-corrected chi connectivity index (χ0v) is 8.77. The number of morpholine rings is 1. The maximum Gasteiger partial charge on any atom is 0.235 e. The van der Waals surface area contributed by atoms with Crippen LogP contribution in [0.1, 0.15) is 5.69 Å². The second-order valence-electron chi connectivity index (χ2n) is 3.45. The van der Waals surface area contributed by atoms with Gasteiger partial charge in [-0.25, -0.2) is 4.98 Å². The molecule has 1 atom stereocenters. The van der Waals surface area contributed by atoms with Crippen LogP contribution in [0, 0.1) is 6.92 Å². The van der Waals surface area contributed by atoms with Crippen molar-refractivity contribution < 1.29 is 9.47 Å². The lowest BCUT2D eigenvalue weighted by Crippen LogP contribution is -2.41. The Balaban J connectivity index is 1.84. The minimum absolute atomic E-state index is 0.111. The Labute approximate surface area is 88.8 Å². The van der Waals surface area contributed by atoms with Crippen molar-refractivity contribution in [3.05, 3.63) is 18.1 Å². The van der Waals surface area contributed by atoms with Crippen molar-refractivity contribution >= 4 is 0 Å². The summed E-state index contributed by atoms with van der Waals surface area (Å²) in [6.45, 7) is 4.89. The summed E-state index contributed by atoms with van der Waals surface area (Å²) in [4.78, 5) is 8.20. The van der Waals surface area contributed by atoms with Gasteiger partial charge in [0.05, 0.1) is 12.3 Å². The van der Waals surface area contributed by atoms with Crippen LogP contribution in [0.4, 0.5) is 0 Å². The van der Waals surface area contributed by atoms with E-state index in [4.69, 9.17) is 9.47 Å². The SMILES string of the molecule is Cc1nccnc1OCC1CNCCO1. The second kappa shape index (κ2) is 5.04. The zero-order chi connectivity index (χ0) is 10.5. The van der Waals surface area contributed by atoms with E-state index in [1.165, 1.54) is 0 Å². The third-order valence-corrected chi connectivity index (χ3v) is 2.25. The van der Waals surface area contributed by atoms with Gasteiger partial charge in [0.25, 0.3) is 0 Å². The summed E-state index contributed by atoms with van der Waals surface area (Å²) in [7, 11) is 0. The van der Waals surface area contributed by atoms with E-state index in [0.717, 1.165) is 25.4 Å². The van der Waals surface area contributed by atoms with Crippen LogP contribution in [0.25, 0.3) is 0 Å². The molecule has 82 valence electrons. The van der Waals surface area contributed by atoms with Crippen molar-refractivity contribution in [3.8, 4) is 5.88 Å². The molecule has 1 N–H and O–H groups in total. The van der Waals surface area contributed by atoms with Gasteiger partial charge in [0.15, 0.2) is 0 Å². The van der Waals surface area contributed by atoms with Gasteiger partial charge < -0.3 is 14.8 Å². The van der Waals surface area contributed by atoms with E-state index in [1.807, 2.05) is 6.92 Å². The Morgan fingerprint density at radius 3 is 3.13 bits per heavy atom. The lowest BCUT2D eigenvalue weighted by atomic mass is 10.3. The molecule has 1 aromatic rings. The topological polar surface area (TPSA) is 56.3 Å². The largest absolute Gasteiger partial charge is 0.474 e. The van der Waals surface area contributed by atoms with E-state index in [2.05, 4.69) is 15.3 Å². The fraction of sp³-hybridized carbons (Fsp3) is 0.600. The summed E-state index contributed by atoms with van der Waals surface area (Å²) in [6.07, 6.45) is 3.39. The highest BCUT2D eigenvalue weighted by Crippen LogP contribution is 2.10.